The Morgan fingerprint density at radius 3 is 2.84 bits per heavy atom. The van der Waals surface area contributed by atoms with E-state index >= 15 is 0 Å². The number of benzene rings is 1. The molecule has 2 aromatic rings. The molecule has 2 rings (SSSR count). The number of hydrogen-bond acceptors (Lipinski definition) is 5. The summed E-state index contributed by atoms with van der Waals surface area (Å²) in [6.07, 6.45) is -0.531. The van der Waals surface area contributed by atoms with E-state index in [-0.39, 0.29) is 5.91 Å². The zero-order valence-corrected chi connectivity index (χ0v) is 16.9. The van der Waals surface area contributed by atoms with Crippen molar-refractivity contribution in [2.24, 2.45) is 0 Å². The molecule has 0 saturated heterocycles. The van der Waals surface area contributed by atoms with Gasteiger partial charge in [-0.25, -0.2) is 4.79 Å². The Hall–Kier alpha value is -1.51. The lowest BCUT2D eigenvalue weighted by Crippen LogP contribution is -2.26. The van der Waals surface area contributed by atoms with Gasteiger partial charge in [0.25, 0.3) is 5.91 Å². The first-order chi connectivity index (χ1) is 12.1. The topological polar surface area (TPSA) is 67.4 Å². The Morgan fingerprint density at radius 1 is 1.28 bits per heavy atom. The highest BCUT2D eigenvalue weighted by atomic mass is 79.9. The van der Waals surface area contributed by atoms with Gasteiger partial charge < -0.3 is 10.1 Å². The van der Waals surface area contributed by atoms with E-state index in [1.807, 2.05) is 6.07 Å². The summed E-state index contributed by atoms with van der Waals surface area (Å²) in [6.45, 7) is 2.62. The van der Waals surface area contributed by atoms with Crippen LogP contribution in [-0.4, -0.2) is 30.9 Å². The highest BCUT2D eigenvalue weighted by Crippen LogP contribution is 2.25. The first-order valence-electron chi connectivity index (χ1n) is 7.72. The monoisotopic (exact) mass is 442 g/mol. The fraction of sp³-hybridized carbons (Fsp3) is 0.294. The number of thioether (sulfide) groups is 1. The second kappa shape index (κ2) is 10.5. The second-order valence-corrected chi connectivity index (χ2v) is 8.59. The average molecular weight is 443 g/mol. The van der Waals surface area contributed by atoms with Gasteiger partial charge in [-0.15, -0.1) is 11.3 Å². The first kappa shape index (κ1) is 19.8. The fourth-order valence-corrected chi connectivity index (χ4v) is 4.42. The van der Waals surface area contributed by atoms with Crippen LogP contribution in [0.1, 0.15) is 22.2 Å². The summed E-state index contributed by atoms with van der Waals surface area (Å²) < 4.78 is 5.95. The van der Waals surface area contributed by atoms with Gasteiger partial charge in [-0.05, 0) is 53.2 Å². The van der Waals surface area contributed by atoms with Gasteiger partial charge in [0, 0.05) is 34.2 Å². The Labute approximate surface area is 163 Å². The van der Waals surface area contributed by atoms with E-state index < -0.39 is 6.09 Å². The molecule has 2 amide bonds. The molecule has 0 spiro atoms. The van der Waals surface area contributed by atoms with Crippen LogP contribution in [0.25, 0.3) is 0 Å². The van der Waals surface area contributed by atoms with Crippen LogP contribution in [0.5, 0.6) is 0 Å². The van der Waals surface area contributed by atoms with Crippen molar-refractivity contribution >= 4 is 56.7 Å². The molecule has 0 unspecified atom stereocenters. The average Bonchev–Trinajstić information content (AvgIpc) is 3.00. The van der Waals surface area contributed by atoms with Crippen molar-refractivity contribution in [1.29, 1.82) is 0 Å². The van der Waals surface area contributed by atoms with Crippen molar-refractivity contribution in [2.75, 3.05) is 24.2 Å². The van der Waals surface area contributed by atoms with Crippen LogP contribution in [0.15, 0.2) is 40.2 Å². The quantitative estimate of drug-likeness (QED) is 0.579. The molecule has 0 bridgehead atoms. The minimum Gasteiger partial charge on any atom is -0.450 e. The van der Waals surface area contributed by atoms with E-state index in [2.05, 4.69) is 32.6 Å². The van der Waals surface area contributed by atoms with Crippen LogP contribution in [0, 0.1) is 0 Å². The van der Waals surface area contributed by atoms with Gasteiger partial charge in [0.2, 0.25) is 0 Å². The molecule has 0 saturated carbocycles. The van der Waals surface area contributed by atoms with Gasteiger partial charge in [-0.2, -0.15) is 11.8 Å². The van der Waals surface area contributed by atoms with E-state index in [1.165, 1.54) is 4.88 Å². The number of rotatable bonds is 8. The molecule has 2 N–H and O–H groups in total. The van der Waals surface area contributed by atoms with Gasteiger partial charge in [0.05, 0.1) is 10.4 Å². The summed E-state index contributed by atoms with van der Waals surface area (Å²) >= 11 is 6.94. The molecule has 0 aliphatic heterocycles. The molecular weight excluding hydrogens is 424 g/mol. The number of hydrogen-bond donors (Lipinski definition) is 2. The normalized spacial score (nSPS) is 10.3. The number of ether oxygens (including phenoxy) is 1. The van der Waals surface area contributed by atoms with Gasteiger partial charge in [0.1, 0.15) is 0 Å². The van der Waals surface area contributed by atoms with E-state index in [0.29, 0.717) is 24.4 Å². The highest BCUT2D eigenvalue weighted by Gasteiger charge is 2.08. The Kier molecular flexibility index (Phi) is 8.30. The molecule has 1 aromatic carbocycles. The van der Waals surface area contributed by atoms with Crippen LogP contribution in [0.2, 0.25) is 0 Å². The molecule has 8 heteroatoms. The minimum absolute atomic E-state index is 0.160. The summed E-state index contributed by atoms with van der Waals surface area (Å²) in [5.41, 5.74) is 1.03. The molecule has 134 valence electrons. The van der Waals surface area contributed by atoms with Crippen LogP contribution in [-0.2, 0) is 10.5 Å². The third kappa shape index (κ3) is 7.09. The van der Waals surface area contributed by atoms with Gasteiger partial charge >= 0.3 is 6.09 Å². The number of anilines is 1. The molecule has 0 radical (unpaired) electrons. The zero-order chi connectivity index (χ0) is 18.1. The second-order valence-electron chi connectivity index (χ2n) is 4.94. The van der Waals surface area contributed by atoms with Crippen molar-refractivity contribution in [3.63, 3.8) is 0 Å². The molecule has 1 heterocycles. The smallest absolute Gasteiger partial charge is 0.411 e. The van der Waals surface area contributed by atoms with Crippen LogP contribution in [0.3, 0.4) is 0 Å². The number of carbonyl (C=O) groups is 2. The third-order valence-corrected chi connectivity index (χ3v) is 5.87. The van der Waals surface area contributed by atoms with Crippen molar-refractivity contribution in [3.05, 3.63) is 50.6 Å². The third-order valence-electron chi connectivity index (χ3n) is 3.05. The van der Waals surface area contributed by atoms with Crippen molar-refractivity contribution < 1.29 is 14.3 Å². The van der Waals surface area contributed by atoms with Crippen LogP contribution in [0.4, 0.5) is 10.5 Å². The van der Waals surface area contributed by atoms with Gasteiger partial charge in [-0.1, -0.05) is 6.07 Å². The van der Waals surface area contributed by atoms with Crippen LogP contribution < -0.4 is 10.6 Å². The molecule has 0 aliphatic rings. The number of halogens is 1. The van der Waals surface area contributed by atoms with E-state index in [9.17, 15) is 9.59 Å². The predicted octanol–water partition coefficient (Wildman–Crippen LogP) is 4.74. The number of nitrogens with one attached hydrogen (secondary N) is 2. The Morgan fingerprint density at radius 2 is 2.12 bits per heavy atom. The van der Waals surface area contributed by atoms with Gasteiger partial charge in [-0.3, -0.25) is 10.1 Å². The summed E-state index contributed by atoms with van der Waals surface area (Å²) in [4.78, 5) is 24.9. The first-order valence-corrected chi connectivity index (χ1v) is 10.5. The summed E-state index contributed by atoms with van der Waals surface area (Å²) in [6, 6.07) is 10.9. The zero-order valence-electron chi connectivity index (χ0n) is 13.7. The lowest BCUT2D eigenvalue weighted by atomic mass is 10.2. The number of carbonyl (C=O) groups excluding carboxylic acids is 2. The molecule has 0 aliphatic carbocycles. The summed E-state index contributed by atoms with van der Waals surface area (Å²) in [5.74, 6) is 1.61. The minimum atomic E-state index is -0.531. The maximum absolute atomic E-state index is 12.2. The predicted molar refractivity (Wildman–Crippen MR) is 108 cm³/mol. The van der Waals surface area contributed by atoms with Gasteiger partial charge in [0.15, 0.2) is 0 Å². The Balaban J connectivity index is 1.73. The lowest BCUT2D eigenvalue weighted by molar-refractivity contribution is 0.0956. The van der Waals surface area contributed by atoms with E-state index in [0.717, 1.165) is 15.3 Å². The Bertz CT molecular complexity index is 721. The highest BCUT2D eigenvalue weighted by molar-refractivity contribution is 9.11. The van der Waals surface area contributed by atoms with Crippen molar-refractivity contribution in [1.82, 2.24) is 5.32 Å². The molecule has 0 atom stereocenters. The largest absolute Gasteiger partial charge is 0.450 e. The summed E-state index contributed by atoms with van der Waals surface area (Å²) in [5, 5.41) is 5.47. The lowest BCUT2D eigenvalue weighted by Gasteiger charge is -2.08. The van der Waals surface area contributed by atoms with Crippen molar-refractivity contribution in [3.8, 4) is 0 Å². The standard InChI is InChI=1S/C17H19BrN2O3S2/c1-2-23-17(22)20-13-5-3-4-12(10-13)16(21)19-8-9-24-11-14-6-7-15(18)25-14/h3-7,10H,2,8-9,11H2,1H3,(H,19,21)(H,20,22). The van der Waals surface area contributed by atoms with E-state index in [4.69, 9.17) is 4.74 Å². The summed E-state index contributed by atoms with van der Waals surface area (Å²) in [7, 11) is 0. The van der Waals surface area contributed by atoms with Crippen molar-refractivity contribution in [2.45, 2.75) is 12.7 Å². The molecule has 5 nitrogen and oxygen atoms in total. The van der Waals surface area contributed by atoms with Crippen LogP contribution >= 0.6 is 39.0 Å². The molecule has 25 heavy (non-hydrogen) atoms. The SMILES string of the molecule is CCOC(=O)Nc1cccc(C(=O)NCCSCc2ccc(Br)s2)c1. The molecular formula is C17H19BrN2O3S2. The maximum Gasteiger partial charge on any atom is 0.411 e. The molecule has 1 aromatic heterocycles. The number of thiophene rings is 1. The van der Waals surface area contributed by atoms with E-state index in [1.54, 1.807) is 54.3 Å². The molecule has 0 fully saturated rings. The fourth-order valence-electron chi connectivity index (χ4n) is 1.96. The maximum atomic E-state index is 12.2. The number of amides is 2.